The molecule has 1 aliphatic carbocycles. The molecule has 0 radical (unpaired) electrons. The Morgan fingerprint density at radius 1 is 1.73 bits per heavy atom. The zero-order chi connectivity index (χ0) is 8.32. The van der Waals surface area contributed by atoms with E-state index in [0.717, 1.165) is 6.54 Å². The zero-order valence-electron chi connectivity index (χ0n) is 7.05. The number of rotatable bonds is 4. The predicted octanol–water partition coefficient (Wildman–Crippen LogP) is 1.38. The van der Waals surface area contributed by atoms with Gasteiger partial charge in [0.15, 0.2) is 0 Å². The van der Waals surface area contributed by atoms with Crippen LogP contribution in [0.5, 0.6) is 0 Å². The number of hydrogen-bond donors (Lipinski definition) is 1. The summed E-state index contributed by atoms with van der Waals surface area (Å²) in [4.78, 5) is 0. The van der Waals surface area contributed by atoms with E-state index >= 15 is 0 Å². The molecule has 0 spiro atoms. The smallest absolute Gasteiger partial charge is 0.0924 e. The molecule has 1 atom stereocenters. The lowest BCUT2D eigenvalue weighted by Gasteiger charge is -2.13. The molecule has 1 aliphatic rings. The van der Waals surface area contributed by atoms with Crippen LogP contribution in [0.15, 0.2) is 0 Å². The van der Waals surface area contributed by atoms with Crippen LogP contribution in [-0.4, -0.2) is 23.6 Å². The molecule has 2 nitrogen and oxygen atoms in total. The van der Waals surface area contributed by atoms with Gasteiger partial charge in [-0.25, -0.2) is 0 Å². The summed E-state index contributed by atoms with van der Waals surface area (Å²) < 4.78 is 0.477. The molecule has 3 heteroatoms. The van der Waals surface area contributed by atoms with Gasteiger partial charge in [-0.15, -0.1) is 0 Å². The lowest BCUT2D eigenvalue weighted by atomic mass is 10.3. The summed E-state index contributed by atoms with van der Waals surface area (Å²) in [5, 5.41) is 11.7. The summed E-state index contributed by atoms with van der Waals surface area (Å²) in [5.74, 6) is 0. The van der Waals surface area contributed by atoms with Gasteiger partial charge in [0.25, 0.3) is 0 Å². The average molecular weight is 170 g/mol. The maximum Gasteiger partial charge on any atom is 0.0924 e. The van der Waals surface area contributed by atoms with Gasteiger partial charge in [0, 0.05) is 11.3 Å². The maximum absolute atomic E-state index is 8.51. The van der Waals surface area contributed by atoms with Gasteiger partial charge < -0.3 is 5.32 Å². The molecule has 62 valence electrons. The van der Waals surface area contributed by atoms with Crippen molar-refractivity contribution < 1.29 is 0 Å². The van der Waals surface area contributed by atoms with E-state index in [4.69, 9.17) is 5.26 Å². The second kappa shape index (κ2) is 3.46. The van der Waals surface area contributed by atoms with Crippen molar-refractivity contribution in [2.75, 3.05) is 12.8 Å². The predicted molar refractivity (Wildman–Crippen MR) is 48.6 cm³/mol. The fraction of sp³-hybridized carbons (Fsp3) is 0.875. The van der Waals surface area contributed by atoms with Crippen molar-refractivity contribution in [3.8, 4) is 6.07 Å². The third-order valence-corrected chi connectivity index (χ3v) is 3.58. The third-order valence-electron chi connectivity index (χ3n) is 2.16. The largest absolute Gasteiger partial charge is 0.301 e. The molecule has 11 heavy (non-hydrogen) atoms. The van der Waals surface area contributed by atoms with E-state index in [1.165, 1.54) is 12.8 Å². The Kier molecular flexibility index (Phi) is 2.80. The fourth-order valence-corrected chi connectivity index (χ4v) is 1.72. The van der Waals surface area contributed by atoms with Crippen molar-refractivity contribution >= 4 is 11.8 Å². The highest BCUT2D eigenvalue weighted by atomic mass is 32.2. The van der Waals surface area contributed by atoms with Gasteiger partial charge in [-0.3, -0.25) is 0 Å². The normalized spacial score (nSPS) is 22.3. The Morgan fingerprint density at radius 2 is 2.36 bits per heavy atom. The first-order valence-corrected chi connectivity index (χ1v) is 5.13. The van der Waals surface area contributed by atoms with Gasteiger partial charge in [-0.2, -0.15) is 17.0 Å². The zero-order valence-corrected chi connectivity index (χ0v) is 7.87. The Hall–Kier alpha value is -0.200. The van der Waals surface area contributed by atoms with E-state index < -0.39 is 0 Å². The fourth-order valence-electron chi connectivity index (χ4n) is 0.977. The van der Waals surface area contributed by atoms with Crippen molar-refractivity contribution in [2.45, 2.75) is 30.6 Å². The molecule has 0 aliphatic heterocycles. The van der Waals surface area contributed by atoms with Crippen molar-refractivity contribution in [3.05, 3.63) is 0 Å². The summed E-state index contributed by atoms with van der Waals surface area (Å²) in [6.07, 6.45) is 4.75. The Bertz CT molecular complexity index is 169. The summed E-state index contributed by atoms with van der Waals surface area (Å²) in [5.41, 5.74) is 0. The van der Waals surface area contributed by atoms with Crippen LogP contribution < -0.4 is 5.32 Å². The SMILES string of the molecule is CSC1(CNC(C)C#N)CC1. The molecule has 0 aromatic heterocycles. The highest BCUT2D eigenvalue weighted by Crippen LogP contribution is 2.46. The highest BCUT2D eigenvalue weighted by Gasteiger charge is 2.41. The van der Waals surface area contributed by atoms with Crippen LogP contribution >= 0.6 is 11.8 Å². The molecule has 0 saturated heterocycles. The Balaban J connectivity index is 2.18. The minimum absolute atomic E-state index is 0.000347. The number of nitrogens with one attached hydrogen (secondary N) is 1. The summed E-state index contributed by atoms with van der Waals surface area (Å²) in [6.45, 7) is 2.89. The minimum atomic E-state index is -0.000347. The third kappa shape index (κ3) is 2.39. The first kappa shape index (κ1) is 8.89. The average Bonchev–Trinajstić information content (AvgIpc) is 2.81. The van der Waals surface area contributed by atoms with Gasteiger partial charge in [0.2, 0.25) is 0 Å². The molecule has 0 aromatic rings. The molecule has 1 saturated carbocycles. The first-order chi connectivity index (χ1) is 5.22. The number of nitriles is 1. The van der Waals surface area contributed by atoms with Crippen LogP contribution in [0, 0.1) is 11.3 Å². The van der Waals surface area contributed by atoms with Crippen LogP contribution in [0.3, 0.4) is 0 Å². The number of hydrogen-bond acceptors (Lipinski definition) is 3. The Labute approximate surface area is 72.4 Å². The lowest BCUT2D eigenvalue weighted by Crippen LogP contribution is -2.32. The van der Waals surface area contributed by atoms with E-state index in [9.17, 15) is 0 Å². The molecule has 1 unspecified atom stereocenters. The van der Waals surface area contributed by atoms with Gasteiger partial charge in [0.05, 0.1) is 12.1 Å². The monoisotopic (exact) mass is 170 g/mol. The van der Waals surface area contributed by atoms with Crippen molar-refractivity contribution in [1.29, 1.82) is 5.26 Å². The van der Waals surface area contributed by atoms with Crippen LogP contribution in [0.25, 0.3) is 0 Å². The van der Waals surface area contributed by atoms with Gasteiger partial charge >= 0.3 is 0 Å². The van der Waals surface area contributed by atoms with Gasteiger partial charge in [0.1, 0.15) is 0 Å². The molecule has 0 bridgehead atoms. The van der Waals surface area contributed by atoms with E-state index in [1.807, 2.05) is 18.7 Å². The van der Waals surface area contributed by atoms with Crippen molar-refractivity contribution in [3.63, 3.8) is 0 Å². The van der Waals surface area contributed by atoms with Crippen LogP contribution in [0.2, 0.25) is 0 Å². The summed E-state index contributed by atoms with van der Waals surface area (Å²) in [6, 6.07) is 2.17. The van der Waals surface area contributed by atoms with Crippen molar-refractivity contribution in [2.24, 2.45) is 0 Å². The first-order valence-electron chi connectivity index (χ1n) is 3.90. The standard InChI is InChI=1S/C8H14N2S/c1-7(5-9)10-6-8(11-2)3-4-8/h7,10H,3-4,6H2,1-2H3. The molecule has 0 aromatic carbocycles. The molecular weight excluding hydrogens is 156 g/mol. The van der Waals surface area contributed by atoms with E-state index in [1.54, 1.807) is 0 Å². The quantitative estimate of drug-likeness (QED) is 0.692. The van der Waals surface area contributed by atoms with Crippen LogP contribution in [-0.2, 0) is 0 Å². The number of nitrogens with zero attached hydrogens (tertiary/aromatic N) is 1. The van der Waals surface area contributed by atoms with Gasteiger partial charge in [-0.05, 0) is 26.0 Å². The molecule has 1 rings (SSSR count). The Morgan fingerprint density at radius 3 is 2.73 bits per heavy atom. The summed E-state index contributed by atoms with van der Waals surface area (Å²) in [7, 11) is 0. The second-order valence-electron chi connectivity index (χ2n) is 3.12. The molecule has 1 N–H and O–H groups in total. The minimum Gasteiger partial charge on any atom is -0.301 e. The number of thioether (sulfide) groups is 1. The van der Waals surface area contributed by atoms with E-state index in [2.05, 4.69) is 17.6 Å². The second-order valence-corrected chi connectivity index (χ2v) is 4.39. The van der Waals surface area contributed by atoms with Crippen LogP contribution in [0.4, 0.5) is 0 Å². The highest BCUT2D eigenvalue weighted by molar-refractivity contribution is 8.00. The van der Waals surface area contributed by atoms with Gasteiger partial charge in [-0.1, -0.05) is 0 Å². The topological polar surface area (TPSA) is 35.8 Å². The molecule has 1 fully saturated rings. The lowest BCUT2D eigenvalue weighted by molar-refractivity contribution is 0.622. The summed E-state index contributed by atoms with van der Waals surface area (Å²) >= 11 is 1.92. The molecule has 0 heterocycles. The van der Waals surface area contributed by atoms with Crippen molar-refractivity contribution in [1.82, 2.24) is 5.32 Å². The maximum atomic E-state index is 8.51. The van der Waals surface area contributed by atoms with E-state index in [0.29, 0.717) is 4.75 Å². The van der Waals surface area contributed by atoms with Crippen LogP contribution in [0.1, 0.15) is 19.8 Å². The van der Waals surface area contributed by atoms with E-state index in [-0.39, 0.29) is 6.04 Å². The molecular formula is C8H14N2S. The molecule has 0 amide bonds.